The maximum Gasteiger partial charge on any atom is 0.132 e. The predicted molar refractivity (Wildman–Crippen MR) is 76.5 cm³/mol. The molecule has 0 aromatic heterocycles. The molecule has 1 aliphatic rings. The summed E-state index contributed by atoms with van der Waals surface area (Å²) >= 11 is 5.97. The van der Waals surface area contributed by atoms with E-state index in [1.54, 1.807) is 6.08 Å². The Hall–Kier alpha value is -1.97. The van der Waals surface area contributed by atoms with E-state index in [1.807, 2.05) is 42.5 Å². The second-order valence-corrected chi connectivity index (χ2v) is 4.88. The van der Waals surface area contributed by atoms with Crippen LogP contribution < -0.4 is 5.73 Å². The summed E-state index contributed by atoms with van der Waals surface area (Å²) in [4.78, 5) is 0. The lowest BCUT2D eigenvalue weighted by atomic mass is 9.97. The first kappa shape index (κ1) is 12.1. The molecule has 0 spiro atoms. The molecule has 19 heavy (non-hydrogen) atoms. The number of halogens is 1. The van der Waals surface area contributed by atoms with Crippen molar-refractivity contribution in [2.45, 2.75) is 6.04 Å². The summed E-state index contributed by atoms with van der Waals surface area (Å²) in [5.41, 5.74) is 7.34. The van der Waals surface area contributed by atoms with Crippen molar-refractivity contribution in [3.63, 3.8) is 0 Å². The molecule has 2 aromatic rings. The summed E-state index contributed by atoms with van der Waals surface area (Å²) in [5.74, 6) is 0. The highest BCUT2D eigenvalue weighted by atomic mass is 35.5. The molecule has 0 bridgehead atoms. The molecule has 0 fully saturated rings. The lowest BCUT2D eigenvalue weighted by molar-refractivity contribution is -0.0728. The van der Waals surface area contributed by atoms with Crippen molar-refractivity contribution in [1.82, 2.24) is 5.06 Å². The Balaban J connectivity index is 2.17. The number of benzene rings is 2. The molecule has 3 N–H and O–H groups in total. The number of rotatable bonds is 1. The van der Waals surface area contributed by atoms with Crippen molar-refractivity contribution in [3.05, 3.63) is 71.0 Å². The standard InChI is InChI=1S/C15H13ClN2O/c16-15-9-11(17)8-14(18(15)19)13-7-3-5-10-4-1-2-6-12(10)13/h1-9,14,19H,17H2. The van der Waals surface area contributed by atoms with Crippen molar-refractivity contribution in [2.75, 3.05) is 0 Å². The summed E-state index contributed by atoms with van der Waals surface area (Å²) in [6.45, 7) is 0. The molecular weight excluding hydrogens is 260 g/mol. The van der Waals surface area contributed by atoms with Gasteiger partial charge in [-0.15, -0.1) is 0 Å². The molecule has 1 heterocycles. The molecule has 3 rings (SSSR count). The van der Waals surface area contributed by atoms with Crippen molar-refractivity contribution in [1.29, 1.82) is 0 Å². The maximum absolute atomic E-state index is 10.1. The Bertz CT molecular complexity index is 688. The molecular formula is C15H13ClN2O. The average molecular weight is 273 g/mol. The fourth-order valence-electron chi connectivity index (χ4n) is 2.37. The van der Waals surface area contributed by atoms with Crippen LogP contribution in [-0.2, 0) is 0 Å². The van der Waals surface area contributed by atoms with Crippen LogP contribution in [0.25, 0.3) is 10.8 Å². The topological polar surface area (TPSA) is 49.5 Å². The number of hydrogen-bond donors (Lipinski definition) is 2. The van der Waals surface area contributed by atoms with Gasteiger partial charge in [-0.3, -0.25) is 5.21 Å². The zero-order valence-electron chi connectivity index (χ0n) is 10.1. The van der Waals surface area contributed by atoms with Gasteiger partial charge in [0.2, 0.25) is 0 Å². The third-order valence-electron chi connectivity index (χ3n) is 3.26. The fraction of sp³-hybridized carbons (Fsp3) is 0.0667. The molecule has 96 valence electrons. The van der Waals surface area contributed by atoms with E-state index in [2.05, 4.69) is 0 Å². The van der Waals surface area contributed by atoms with Gasteiger partial charge in [0.1, 0.15) is 11.2 Å². The van der Waals surface area contributed by atoms with Crippen LogP contribution in [0.5, 0.6) is 0 Å². The SMILES string of the molecule is NC1=CC(c2cccc3ccccc23)N(O)C(Cl)=C1. The minimum atomic E-state index is -0.372. The molecule has 0 saturated heterocycles. The summed E-state index contributed by atoms with van der Waals surface area (Å²) in [7, 11) is 0. The number of hydrogen-bond acceptors (Lipinski definition) is 3. The monoisotopic (exact) mass is 272 g/mol. The van der Waals surface area contributed by atoms with Gasteiger partial charge in [-0.25, -0.2) is 5.06 Å². The molecule has 0 saturated carbocycles. The lowest BCUT2D eigenvalue weighted by Gasteiger charge is -2.29. The van der Waals surface area contributed by atoms with Crippen molar-refractivity contribution in [3.8, 4) is 0 Å². The summed E-state index contributed by atoms with van der Waals surface area (Å²) < 4.78 is 0. The van der Waals surface area contributed by atoms with Crippen LogP contribution in [0.3, 0.4) is 0 Å². The fourth-order valence-corrected chi connectivity index (χ4v) is 2.60. The van der Waals surface area contributed by atoms with Crippen LogP contribution in [0.2, 0.25) is 0 Å². The molecule has 0 aliphatic carbocycles. The molecule has 0 amide bonds. The number of fused-ring (bicyclic) bond motifs is 1. The highest BCUT2D eigenvalue weighted by Gasteiger charge is 2.23. The van der Waals surface area contributed by atoms with Crippen LogP contribution in [0.1, 0.15) is 11.6 Å². The van der Waals surface area contributed by atoms with E-state index in [9.17, 15) is 5.21 Å². The van der Waals surface area contributed by atoms with E-state index in [4.69, 9.17) is 17.3 Å². The van der Waals surface area contributed by atoms with Crippen molar-refractivity contribution >= 4 is 22.4 Å². The van der Waals surface area contributed by atoms with E-state index in [1.165, 1.54) is 6.08 Å². The Kier molecular flexibility index (Phi) is 2.93. The quantitative estimate of drug-likeness (QED) is 0.781. The van der Waals surface area contributed by atoms with Gasteiger partial charge in [-0.05, 0) is 28.5 Å². The van der Waals surface area contributed by atoms with Crippen molar-refractivity contribution in [2.24, 2.45) is 5.73 Å². The molecule has 1 unspecified atom stereocenters. The van der Waals surface area contributed by atoms with Gasteiger partial charge in [-0.1, -0.05) is 54.1 Å². The minimum Gasteiger partial charge on any atom is -0.399 e. The van der Waals surface area contributed by atoms with Gasteiger partial charge in [-0.2, -0.15) is 0 Å². The highest BCUT2D eigenvalue weighted by molar-refractivity contribution is 6.29. The first-order chi connectivity index (χ1) is 9.16. The van der Waals surface area contributed by atoms with E-state index >= 15 is 0 Å². The molecule has 4 heteroatoms. The third-order valence-corrected chi connectivity index (χ3v) is 3.54. The Labute approximate surface area is 116 Å². The second-order valence-electron chi connectivity index (χ2n) is 4.49. The number of hydroxylamine groups is 2. The van der Waals surface area contributed by atoms with Gasteiger partial charge in [0, 0.05) is 5.70 Å². The normalized spacial score (nSPS) is 19.3. The third kappa shape index (κ3) is 2.07. The Morgan fingerprint density at radius 3 is 2.68 bits per heavy atom. The molecule has 2 aromatic carbocycles. The van der Waals surface area contributed by atoms with Gasteiger partial charge in [0.15, 0.2) is 0 Å². The predicted octanol–water partition coefficient (Wildman–Crippen LogP) is 3.51. The largest absolute Gasteiger partial charge is 0.399 e. The summed E-state index contributed by atoms with van der Waals surface area (Å²) in [6, 6.07) is 13.6. The molecule has 1 atom stereocenters. The summed E-state index contributed by atoms with van der Waals surface area (Å²) in [5, 5.41) is 13.5. The van der Waals surface area contributed by atoms with Crippen LogP contribution in [0.15, 0.2) is 65.5 Å². The smallest absolute Gasteiger partial charge is 0.132 e. The van der Waals surface area contributed by atoms with Crippen molar-refractivity contribution < 1.29 is 5.21 Å². The zero-order chi connectivity index (χ0) is 13.4. The first-order valence-electron chi connectivity index (χ1n) is 5.97. The minimum absolute atomic E-state index is 0.220. The zero-order valence-corrected chi connectivity index (χ0v) is 10.9. The summed E-state index contributed by atoms with van der Waals surface area (Å²) in [6.07, 6.45) is 3.32. The van der Waals surface area contributed by atoms with E-state index in [0.29, 0.717) is 5.70 Å². The number of nitrogens with two attached hydrogens (primary N) is 1. The maximum atomic E-state index is 10.1. The van der Waals surface area contributed by atoms with Gasteiger partial charge >= 0.3 is 0 Å². The molecule has 1 aliphatic heterocycles. The van der Waals surface area contributed by atoms with Crippen LogP contribution in [0.4, 0.5) is 0 Å². The molecule has 0 radical (unpaired) electrons. The Morgan fingerprint density at radius 1 is 1.11 bits per heavy atom. The van der Waals surface area contributed by atoms with Gasteiger partial charge < -0.3 is 5.73 Å². The average Bonchev–Trinajstić information content (AvgIpc) is 2.42. The lowest BCUT2D eigenvalue weighted by Crippen LogP contribution is -2.25. The number of allylic oxidation sites excluding steroid dienone is 1. The van der Waals surface area contributed by atoms with E-state index in [0.717, 1.165) is 21.4 Å². The van der Waals surface area contributed by atoms with Gasteiger partial charge in [0.25, 0.3) is 0 Å². The molecule has 3 nitrogen and oxygen atoms in total. The second kappa shape index (κ2) is 4.61. The van der Waals surface area contributed by atoms with Gasteiger partial charge in [0.05, 0.1) is 0 Å². The highest BCUT2D eigenvalue weighted by Crippen LogP contribution is 2.34. The van der Waals surface area contributed by atoms with E-state index < -0.39 is 0 Å². The van der Waals surface area contributed by atoms with Crippen LogP contribution in [-0.4, -0.2) is 10.3 Å². The van der Waals surface area contributed by atoms with Crippen LogP contribution in [0, 0.1) is 0 Å². The van der Waals surface area contributed by atoms with E-state index in [-0.39, 0.29) is 11.2 Å². The van der Waals surface area contributed by atoms with Crippen LogP contribution >= 0.6 is 11.6 Å². The Morgan fingerprint density at radius 2 is 1.84 bits per heavy atom. The number of nitrogens with zero attached hydrogens (tertiary/aromatic N) is 1. The first-order valence-corrected chi connectivity index (χ1v) is 6.35.